The predicted molar refractivity (Wildman–Crippen MR) is 87.1 cm³/mol. The number of carbonyl (C=O) groups is 1. The number of ether oxygens (including phenoxy) is 1. The van der Waals surface area contributed by atoms with Gasteiger partial charge in [0.2, 0.25) is 0 Å². The first-order chi connectivity index (χ1) is 11.7. The van der Waals surface area contributed by atoms with E-state index in [9.17, 15) is 9.18 Å². The van der Waals surface area contributed by atoms with Crippen molar-refractivity contribution in [2.45, 2.75) is 13.2 Å². The summed E-state index contributed by atoms with van der Waals surface area (Å²) < 4.78 is 24.4. The monoisotopic (exact) mass is 325 g/mol. The van der Waals surface area contributed by atoms with E-state index in [0.717, 1.165) is 0 Å². The quantitative estimate of drug-likeness (QED) is 0.747. The van der Waals surface area contributed by atoms with E-state index in [-0.39, 0.29) is 24.7 Å². The van der Waals surface area contributed by atoms with Crippen LogP contribution in [0.15, 0.2) is 71.3 Å². The molecular formula is C19H16FNO3. The standard InChI is InChI=1S/C19H16FNO3/c20-17-9-5-4-6-14(17)12-21-19(22)18-15(10-11-23-18)13-24-16-7-2-1-3-8-16/h1-11H,12-13H2,(H,21,22). The van der Waals surface area contributed by atoms with Crippen molar-refractivity contribution in [3.8, 4) is 5.75 Å². The van der Waals surface area contributed by atoms with Gasteiger partial charge in [-0.2, -0.15) is 0 Å². The van der Waals surface area contributed by atoms with Crippen LogP contribution in [0.4, 0.5) is 4.39 Å². The van der Waals surface area contributed by atoms with Gasteiger partial charge in [-0.25, -0.2) is 4.39 Å². The summed E-state index contributed by atoms with van der Waals surface area (Å²) in [6.45, 7) is 0.300. The van der Waals surface area contributed by atoms with Gasteiger partial charge in [-0.3, -0.25) is 4.79 Å². The summed E-state index contributed by atoms with van der Waals surface area (Å²) in [5.41, 5.74) is 1.05. The minimum Gasteiger partial charge on any atom is -0.489 e. The lowest BCUT2D eigenvalue weighted by molar-refractivity contribution is 0.0919. The van der Waals surface area contributed by atoms with Crippen molar-refractivity contribution < 1.29 is 18.3 Å². The number of furan rings is 1. The van der Waals surface area contributed by atoms with Crippen molar-refractivity contribution in [3.05, 3.63) is 89.6 Å². The first kappa shape index (κ1) is 15.8. The number of hydrogen-bond acceptors (Lipinski definition) is 3. The molecule has 0 aliphatic carbocycles. The van der Waals surface area contributed by atoms with Crippen LogP contribution >= 0.6 is 0 Å². The lowest BCUT2D eigenvalue weighted by atomic mass is 10.2. The zero-order chi connectivity index (χ0) is 16.8. The van der Waals surface area contributed by atoms with Gasteiger partial charge in [0.05, 0.1) is 6.26 Å². The van der Waals surface area contributed by atoms with Crippen molar-refractivity contribution in [2.75, 3.05) is 0 Å². The van der Waals surface area contributed by atoms with Crippen LogP contribution in [0, 0.1) is 5.82 Å². The highest BCUT2D eigenvalue weighted by atomic mass is 19.1. The molecule has 0 fully saturated rings. The molecule has 0 spiro atoms. The second-order valence-electron chi connectivity index (χ2n) is 5.15. The third-order valence-electron chi connectivity index (χ3n) is 3.49. The Balaban J connectivity index is 1.62. The van der Waals surface area contributed by atoms with E-state index in [0.29, 0.717) is 16.9 Å². The zero-order valence-electron chi connectivity index (χ0n) is 12.9. The van der Waals surface area contributed by atoms with Crippen LogP contribution in [0.3, 0.4) is 0 Å². The van der Waals surface area contributed by atoms with E-state index in [2.05, 4.69) is 5.32 Å². The first-order valence-electron chi connectivity index (χ1n) is 7.50. The highest BCUT2D eigenvalue weighted by molar-refractivity contribution is 5.92. The average Bonchev–Trinajstić information content (AvgIpc) is 3.08. The lowest BCUT2D eigenvalue weighted by Gasteiger charge is -2.08. The second kappa shape index (κ2) is 7.46. The van der Waals surface area contributed by atoms with Crippen molar-refractivity contribution in [1.29, 1.82) is 0 Å². The fourth-order valence-electron chi connectivity index (χ4n) is 2.22. The number of amides is 1. The Hall–Kier alpha value is -3.08. The largest absolute Gasteiger partial charge is 0.489 e. The SMILES string of the molecule is O=C(NCc1ccccc1F)c1occc1COc1ccccc1. The van der Waals surface area contributed by atoms with Crippen molar-refractivity contribution in [3.63, 3.8) is 0 Å². The summed E-state index contributed by atoms with van der Waals surface area (Å²) in [5.74, 6) is 0.110. The highest BCUT2D eigenvalue weighted by Gasteiger charge is 2.16. The molecule has 0 saturated carbocycles. The molecule has 0 unspecified atom stereocenters. The summed E-state index contributed by atoms with van der Waals surface area (Å²) in [6, 6.07) is 17.3. The van der Waals surface area contributed by atoms with Gasteiger partial charge in [0.15, 0.2) is 5.76 Å². The molecule has 4 nitrogen and oxygen atoms in total. The van der Waals surface area contributed by atoms with Gasteiger partial charge in [-0.1, -0.05) is 36.4 Å². The van der Waals surface area contributed by atoms with Crippen LogP contribution in [0.1, 0.15) is 21.7 Å². The van der Waals surface area contributed by atoms with Gasteiger partial charge in [-0.05, 0) is 24.3 Å². The van der Waals surface area contributed by atoms with Crippen molar-refractivity contribution in [1.82, 2.24) is 5.32 Å². The van der Waals surface area contributed by atoms with Gasteiger partial charge in [0, 0.05) is 17.7 Å². The number of para-hydroxylation sites is 1. The molecule has 1 N–H and O–H groups in total. The van der Waals surface area contributed by atoms with Gasteiger partial charge in [0.25, 0.3) is 5.91 Å². The number of halogens is 1. The van der Waals surface area contributed by atoms with Crippen LogP contribution in [0.5, 0.6) is 5.75 Å². The van der Waals surface area contributed by atoms with Crippen LogP contribution in [0.2, 0.25) is 0 Å². The first-order valence-corrected chi connectivity index (χ1v) is 7.50. The van der Waals surface area contributed by atoms with E-state index in [1.165, 1.54) is 12.3 Å². The van der Waals surface area contributed by atoms with Gasteiger partial charge in [-0.15, -0.1) is 0 Å². The highest BCUT2D eigenvalue weighted by Crippen LogP contribution is 2.16. The fourth-order valence-corrected chi connectivity index (χ4v) is 2.22. The maximum Gasteiger partial charge on any atom is 0.287 e. The van der Waals surface area contributed by atoms with Gasteiger partial charge >= 0.3 is 0 Å². The Labute approximate surface area is 138 Å². The molecule has 24 heavy (non-hydrogen) atoms. The molecule has 122 valence electrons. The molecule has 0 aliphatic rings. The number of hydrogen-bond donors (Lipinski definition) is 1. The Bertz CT molecular complexity index is 814. The van der Waals surface area contributed by atoms with E-state index < -0.39 is 5.91 Å². The molecule has 0 atom stereocenters. The fraction of sp³-hybridized carbons (Fsp3) is 0.105. The Morgan fingerprint density at radius 2 is 1.75 bits per heavy atom. The Kier molecular flexibility index (Phi) is 4.91. The summed E-state index contributed by atoms with van der Waals surface area (Å²) >= 11 is 0. The molecule has 0 bridgehead atoms. The van der Waals surface area contributed by atoms with E-state index in [1.807, 2.05) is 30.3 Å². The normalized spacial score (nSPS) is 10.4. The van der Waals surface area contributed by atoms with Crippen LogP contribution in [-0.4, -0.2) is 5.91 Å². The molecule has 0 aliphatic heterocycles. The molecule has 1 amide bonds. The minimum absolute atomic E-state index is 0.0885. The Morgan fingerprint density at radius 1 is 1.00 bits per heavy atom. The number of nitrogens with one attached hydrogen (secondary N) is 1. The van der Waals surface area contributed by atoms with Crippen molar-refractivity contribution in [2.24, 2.45) is 0 Å². The van der Waals surface area contributed by atoms with Gasteiger partial charge < -0.3 is 14.5 Å². The number of rotatable bonds is 6. The average molecular weight is 325 g/mol. The third-order valence-corrected chi connectivity index (χ3v) is 3.49. The molecule has 0 radical (unpaired) electrons. The number of carbonyl (C=O) groups excluding carboxylic acids is 1. The van der Waals surface area contributed by atoms with E-state index in [4.69, 9.17) is 9.15 Å². The predicted octanol–water partition coefficient (Wildman–Crippen LogP) is 3.93. The van der Waals surface area contributed by atoms with Crippen LogP contribution < -0.4 is 10.1 Å². The van der Waals surface area contributed by atoms with Gasteiger partial charge in [0.1, 0.15) is 18.2 Å². The molecule has 1 heterocycles. The number of benzene rings is 2. The summed E-state index contributed by atoms with van der Waals surface area (Å²) in [6.07, 6.45) is 1.43. The van der Waals surface area contributed by atoms with Crippen LogP contribution in [-0.2, 0) is 13.2 Å². The molecule has 3 rings (SSSR count). The molecule has 5 heteroatoms. The third kappa shape index (κ3) is 3.81. The lowest BCUT2D eigenvalue weighted by Crippen LogP contribution is -2.24. The summed E-state index contributed by atoms with van der Waals surface area (Å²) in [7, 11) is 0. The van der Waals surface area contributed by atoms with E-state index >= 15 is 0 Å². The smallest absolute Gasteiger partial charge is 0.287 e. The topological polar surface area (TPSA) is 51.5 Å². The maximum absolute atomic E-state index is 13.6. The summed E-state index contributed by atoms with van der Waals surface area (Å²) in [4.78, 5) is 12.2. The minimum atomic E-state index is -0.407. The molecule has 1 aromatic heterocycles. The summed E-state index contributed by atoms with van der Waals surface area (Å²) in [5, 5.41) is 2.65. The second-order valence-corrected chi connectivity index (χ2v) is 5.15. The molecule has 3 aromatic rings. The zero-order valence-corrected chi connectivity index (χ0v) is 12.9. The van der Waals surface area contributed by atoms with E-state index in [1.54, 1.807) is 24.3 Å². The Morgan fingerprint density at radius 3 is 2.54 bits per heavy atom. The molecule has 2 aromatic carbocycles. The van der Waals surface area contributed by atoms with Crippen molar-refractivity contribution >= 4 is 5.91 Å². The van der Waals surface area contributed by atoms with Crippen LogP contribution in [0.25, 0.3) is 0 Å². The maximum atomic E-state index is 13.6. The molecule has 0 saturated heterocycles. The molecular weight excluding hydrogens is 309 g/mol.